The molecule has 10 heteroatoms. The van der Waals surface area contributed by atoms with Crippen molar-refractivity contribution in [3.63, 3.8) is 0 Å². The third kappa shape index (κ3) is 3.92. The molecular formula is C17H25N5O4S. The number of hydrogen-bond donors (Lipinski definition) is 1. The minimum absolute atomic E-state index is 0.00716. The number of anilines is 1. The van der Waals surface area contributed by atoms with E-state index < -0.39 is 10.2 Å². The number of benzene rings is 1. The van der Waals surface area contributed by atoms with E-state index in [2.05, 4.69) is 21.8 Å². The van der Waals surface area contributed by atoms with Crippen LogP contribution >= 0.6 is 0 Å². The molecule has 2 N–H and O–H groups in total. The van der Waals surface area contributed by atoms with Gasteiger partial charge < -0.3 is 14.4 Å². The lowest BCUT2D eigenvalue weighted by molar-refractivity contribution is 0.208. The van der Waals surface area contributed by atoms with Crippen LogP contribution < -0.4 is 19.5 Å². The van der Waals surface area contributed by atoms with E-state index in [0.717, 1.165) is 36.2 Å². The van der Waals surface area contributed by atoms with Crippen LogP contribution in [0.5, 0.6) is 11.5 Å². The number of nitrogens with zero attached hydrogens (tertiary/aromatic N) is 4. The normalized spacial score (nSPS) is 16.4. The van der Waals surface area contributed by atoms with Gasteiger partial charge in [-0.2, -0.15) is 12.7 Å². The van der Waals surface area contributed by atoms with Gasteiger partial charge in [0, 0.05) is 43.5 Å². The van der Waals surface area contributed by atoms with Gasteiger partial charge in [0.2, 0.25) is 0 Å². The molecule has 1 aromatic heterocycles. The van der Waals surface area contributed by atoms with Gasteiger partial charge in [0.15, 0.2) is 11.5 Å². The summed E-state index contributed by atoms with van der Waals surface area (Å²) in [7, 11) is 1.03. The van der Waals surface area contributed by atoms with Gasteiger partial charge in [-0.05, 0) is 12.5 Å². The fourth-order valence-electron chi connectivity index (χ4n) is 3.36. The third-order valence-corrected chi connectivity index (χ3v) is 6.08. The molecule has 148 valence electrons. The quantitative estimate of drug-likeness (QED) is 0.744. The van der Waals surface area contributed by atoms with Crippen LogP contribution in [0.1, 0.15) is 13.3 Å². The number of methoxy groups -OCH3 is 2. The Morgan fingerprint density at radius 1 is 1.22 bits per heavy atom. The lowest BCUT2D eigenvalue weighted by Gasteiger charge is -2.49. The summed E-state index contributed by atoms with van der Waals surface area (Å²) >= 11 is 0. The summed E-state index contributed by atoms with van der Waals surface area (Å²) in [5.74, 6) is 2.08. The summed E-state index contributed by atoms with van der Waals surface area (Å²) in [5, 5.41) is 6.04. The fourth-order valence-corrected chi connectivity index (χ4v) is 3.70. The molecule has 1 aliphatic heterocycles. The molecule has 2 aromatic rings. The first kappa shape index (κ1) is 19.6. The second-order valence-corrected chi connectivity index (χ2v) is 8.86. The first-order valence-electron chi connectivity index (χ1n) is 8.52. The zero-order chi connectivity index (χ0) is 19.8. The molecule has 0 aliphatic carbocycles. The van der Waals surface area contributed by atoms with Crippen molar-refractivity contribution >= 4 is 26.9 Å². The van der Waals surface area contributed by atoms with Crippen molar-refractivity contribution < 1.29 is 17.9 Å². The van der Waals surface area contributed by atoms with E-state index in [1.54, 1.807) is 14.2 Å². The Balaban J connectivity index is 1.78. The monoisotopic (exact) mass is 395 g/mol. The van der Waals surface area contributed by atoms with Gasteiger partial charge in [-0.15, -0.1) is 0 Å². The molecule has 1 fully saturated rings. The minimum atomic E-state index is -3.64. The SMILES string of the molecule is COc1cc2ncnc(N3CC(C)(CCN(C)S(N)(=O)=O)C3)c2cc1OC. The summed E-state index contributed by atoms with van der Waals surface area (Å²) < 4.78 is 34.6. The first-order chi connectivity index (χ1) is 12.7. The number of nitrogens with two attached hydrogens (primary N) is 1. The van der Waals surface area contributed by atoms with Crippen molar-refractivity contribution in [2.45, 2.75) is 13.3 Å². The van der Waals surface area contributed by atoms with Gasteiger partial charge >= 0.3 is 0 Å². The molecule has 27 heavy (non-hydrogen) atoms. The summed E-state index contributed by atoms with van der Waals surface area (Å²) in [6, 6.07) is 3.72. The molecule has 1 aliphatic rings. The largest absolute Gasteiger partial charge is 0.493 e. The van der Waals surface area contributed by atoms with Crippen LogP contribution in [0, 0.1) is 5.41 Å². The predicted octanol–water partition coefficient (Wildman–Crippen LogP) is 0.999. The molecule has 1 aromatic carbocycles. The van der Waals surface area contributed by atoms with Gasteiger partial charge in [-0.25, -0.2) is 15.1 Å². The number of ether oxygens (including phenoxy) is 2. The molecular weight excluding hydrogens is 370 g/mol. The maximum absolute atomic E-state index is 11.4. The van der Waals surface area contributed by atoms with Crippen LogP contribution in [0.2, 0.25) is 0 Å². The summed E-state index contributed by atoms with van der Waals surface area (Å²) in [6.07, 6.45) is 2.25. The molecule has 3 rings (SSSR count). The minimum Gasteiger partial charge on any atom is -0.493 e. The van der Waals surface area contributed by atoms with Crippen molar-refractivity contribution in [1.29, 1.82) is 0 Å². The van der Waals surface area contributed by atoms with E-state index in [1.165, 1.54) is 17.7 Å². The van der Waals surface area contributed by atoms with Crippen LogP contribution in [-0.2, 0) is 10.2 Å². The van der Waals surface area contributed by atoms with E-state index >= 15 is 0 Å². The van der Waals surface area contributed by atoms with Crippen molar-refractivity contribution in [1.82, 2.24) is 14.3 Å². The Bertz CT molecular complexity index is 944. The average Bonchev–Trinajstić information content (AvgIpc) is 2.61. The zero-order valence-electron chi connectivity index (χ0n) is 16.0. The second kappa shape index (κ2) is 7.10. The Hall–Kier alpha value is -2.17. The maximum Gasteiger partial charge on any atom is 0.276 e. The van der Waals surface area contributed by atoms with Crippen LogP contribution in [0.25, 0.3) is 10.9 Å². The van der Waals surface area contributed by atoms with E-state index in [0.29, 0.717) is 18.0 Å². The van der Waals surface area contributed by atoms with Crippen LogP contribution in [0.15, 0.2) is 18.5 Å². The van der Waals surface area contributed by atoms with Crippen LogP contribution in [0.4, 0.5) is 5.82 Å². The second-order valence-electron chi connectivity index (χ2n) is 7.20. The molecule has 0 atom stereocenters. The Morgan fingerprint density at radius 2 is 1.85 bits per heavy atom. The van der Waals surface area contributed by atoms with E-state index in [9.17, 15) is 8.42 Å². The lowest BCUT2D eigenvalue weighted by Crippen LogP contribution is -2.56. The summed E-state index contributed by atoms with van der Waals surface area (Å²) in [6.45, 7) is 4.06. The summed E-state index contributed by atoms with van der Waals surface area (Å²) in [5.41, 5.74) is 0.771. The number of aromatic nitrogens is 2. The van der Waals surface area contributed by atoms with Crippen molar-refractivity contribution in [2.75, 3.05) is 45.8 Å². The van der Waals surface area contributed by atoms with E-state index in [1.807, 2.05) is 12.1 Å². The molecule has 0 saturated carbocycles. The highest BCUT2D eigenvalue weighted by Crippen LogP contribution is 2.40. The van der Waals surface area contributed by atoms with Crippen molar-refractivity contribution in [3.8, 4) is 11.5 Å². The standard InChI is InChI=1S/C17H25N5O4S/c1-17(5-6-21(2)27(18,23)24)9-22(10-17)16-12-7-14(25-3)15(26-4)8-13(12)19-11-20-16/h7-8,11H,5-6,9-10H2,1-4H3,(H2,18,23,24). The molecule has 0 unspecified atom stereocenters. The van der Waals surface area contributed by atoms with Gasteiger partial charge in [0.05, 0.1) is 19.7 Å². The van der Waals surface area contributed by atoms with Crippen LogP contribution in [0.3, 0.4) is 0 Å². The van der Waals surface area contributed by atoms with E-state index in [4.69, 9.17) is 14.6 Å². The predicted molar refractivity (Wildman–Crippen MR) is 103 cm³/mol. The topological polar surface area (TPSA) is 111 Å². The highest BCUT2D eigenvalue weighted by Gasteiger charge is 2.40. The van der Waals surface area contributed by atoms with Crippen molar-refractivity contribution in [2.24, 2.45) is 10.6 Å². The first-order valence-corrected chi connectivity index (χ1v) is 10.0. The smallest absolute Gasteiger partial charge is 0.276 e. The van der Waals surface area contributed by atoms with Crippen LogP contribution in [-0.4, -0.2) is 63.6 Å². The molecule has 0 spiro atoms. The Kier molecular flexibility index (Phi) is 5.15. The molecule has 0 bridgehead atoms. The Labute approximate surface area is 159 Å². The summed E-state index contributed by atoms with van der Waals surface area (Å²) in [4.78, 5) is 10.9. The molecule has 2 heterocycles. The molecule has 9 nitrogen and oxygen atoms in total. The van der Waals surface area contributed by atoms with Gasteiger partial charge in [0.1, 0.15) is 12.1 Å². The molecule has 0 radical (unpaired) electrons. The zero-order valence-corrected chi connectivity index (χ0v) is 16.8. The number of rotatable bonds is 7. The fraction of sp³-hybridized carbons (Fsp3) is 0.529. The van der Waals surface area contributed by atoms with Crippen molar-refractivity contribution in [3.05, 3.63) is 18.5 Å². The molecule has 1 saturated heterocycles. The highest BCUT2D eigenvalue weighted by molar-refractivity contribution is 7.86. The molecule has 0 amide bonds. The maximum atomic E-state index is 11.4. The number of fused-ring (bicyclic) bond motifs is 1. The van der Waals surface area contributed by atoms with Gasteiger partial charge in [-0.3, -0.25) is 0 Å². The van der Waals surface area contributed by atoms with Gasteiger partial charge in [-0.1, -0.05) is 6.92 Å². The third-order valence-electron chi connectivity index (χ3n) is 5.03. The highest BCUT2D eigenvalue weighted by atomic mass is 32.2. The number of hydrogen-bond acceptors (Lipinski definition) is 7. The average molecular weight is 395 g/mol. The lowest BCUT2D eigenvalue weighted by atomic mass is 9.78. The van der Waals surface area contributed by atoms with E-state index in [-0.39, 0.29) is 5.41 Å². The van der Waals surface area contributed by atoms with Gasteiger partial charge in [0.25, 0.3) is 10.2 Å². The Morgan fingerprint density at radius 3 is 2.44 bits per heavy atom.